The molecule has 1 aromatic carbocycles. The minimum Gasteiger partial charge on any atom is -0.338 e. The molecule has 1 aromatic heterocycles. The van der Waals surface area contributed by atoms with Gasteiger partial charge in [-0.1, -0.05) is 19.1 Å². The number of para-hydroxylation sites is 1. The highest BCUT2D eigenvalue weighted by molar-refractivity contribution is 5.80. The van der Waals surface area contributed by atoms with Crippen LogP contribution in [0.4, 0.5) is 0 Å². The molecule has 6 nitrogen and oxygen atoms in total. The zero-order valence-electron chi connectivity index (χ0n) is 14.9. The van der Waals surface area contributed by atoms with Crippen LogP contribution in [-0.4, -0.2) is 39.5 Å². The molecule has 0 saturated carbocycles. The number of likely N-dealkylation sites (tertiary alicyclic amines) is 1. The first-order valence-corrected chi connectivity index (χ1v) is 8.95. The van der Waals surface area contributed by atoms with E-state index in [1.54, 1.807) is 12.4 Å². The lowest BCUT2D eigenvalue weighted by molar-refractivity contribution is -0.135. The Morgan fingerprint density at radius 1 is 1.40 bits per heavy atom. The second-order valence-corrected chi connectivity index (χ2v) is 7.07. The van der Waals surface area contributed by atoms with E-state index in [1.165, 1.54) is 4.57 Å². The van der Waals surface area contributed by atoms with Gasteiger partial charge in [0.2, 0.25) is 5.91 Å². The summed E-state index contributed by atoms with van der Waals surface area (Å²) in [5, 5.41) is 0.599. The van der Waals surface area contributed by atoms with Crippen molar-refractivity contribution < 1.29 is 4.79 Å². The van der Waals surface area contributed by atoms with Gasteiger partial charge in [0.15, 0.2) is 0 Å². The van der Waals surface area contributed by atoms with Crippen LogP contribution in [0, 0.1) is 12.8 Å². The van der Waals surface area contributed by atoms with Gasteiger partial charge in [0.25, 0.3) is 5.56 Å². The summed E-state index contributed by atoms with van der Waals surface area (Å²) >= 11 is 0. The number of aromatic nitrogens is 2. The van der Waals surface area contributed by atoms with Crippen molar-refractivity contribution in [1.82, 2.24) is 14.5 Å². The Hall–Kier alpha value is -2.21. The summed E-state index contributed by atoms with van der Waals surface area (Å²) in [6.45, 7) is 5.73. The average Bonchev–Trinajstić information content (AvgIpc) is 2.61. The summed E-state index contributed by atoms with van der Waals surface area (Å²) < 4.78 is 1.53. The van der Waals surface area contributed by atoms with Crippen LogP contribution in [0.2, 0.25) is 0 Å². The van der Waals surface area contributed by atoms with Gasteiger partial charge in [0, 0.05) is 32.1 Å². The largest absolute Gasteiger partial charge is 0.338 e. The van der Waals surface area contributed by atoms with Crippen LogP contribution in [0.1, 0.15) is 31.7 Å². The van der Waals surface area contributed by atoms with Gasteiger partial charge >= 0.3 is 0 Å². The second kappa shape index (κ2) is 7.35. The quantitative estimate of drug-likeness (QED) is 0.916. The van der Waals surface area contributed by atoms with Crippen molar-refractivity contribution in [2.45, 2.75) is 45.7 Å². The predicted octanol–water partition coefficient (Wildman–Crippen LogP) is 1.68. The smallest absolute Gasteiger partial charge is 0.261 e. The maximum absolute atomic E-state index is 12.6. The SMILES string of the molecule is Cc1cccc2c(=O)n(CCC(=O)N3CCC(C)CC3CN)cnc12. The molecular weight excluding hydrogens is 316 g/mol. The summed E-state index contributed by atoms with van der Waals surface area (Å²) in [7, 11) is 0. The van der Waals surface area contributed by atoms with E-state index in [9.17, 15) is 9.59 Å². The normalized spacial score (nSPS) is 20.8. The lowest BCUT2D eigenvalue weighted by atomic mass is 9.92. The number of aryl methyl sites for hydroxylation is 2. The van der Waals surface area contributed by atoms with Gasteiger partial charge in [-0.15, -0.1) is 0 Å². The van der Waals surface area contributed by atoms with E-state index in [0.29, 0.717) is 30.8 Å². The topological polar surface area (TPSA) is 81.2 Å². The van der Waals surface area contributed by atoms with Gasteiger partial charge < -0.3 is 10.6 Å². The summed E-state index contributed by atoms with van der Waals surface area (Å²) in [6.07, 6.45) is 3.81. The Bertz CT molecular complexity index is 830. The maximum atomic E-state index is 12.6. The van der Waals surface area contributed by atoms with Crippen molar-refractivity contribution in [3.63, 3.8) is 0 Å². The molecule has 2 unspecified atom stereocenters. The highest BCUT2D eigenvalue weighted by Crippen LogP contribution is 2.22. The van der Waals surface area contributed by atoms with Crippen LogP contribution in [0.5, 0.6) is 0 Å². The molecule has 1 amide bonds. The van der Waals surface area contributed by atoms with Gasteiger partial charge in [0.1, 0.15) is 0 Å². The summed E-state index contributed by atoms with van der Waals surface area (Å²) in [5.41, 5.74) is 7.45. The number of amides is 1. The van der Waals surface area contributed by atoms with Crippen LogP contribution < -0.4 is 11.3 Å². The van der Waals surface area contributed by atoms with E-state index in [4.69, 9.17) is 5.73 Å². The second-order valence-electron chi connectivity index (χ2n) is 7.07. The van der Waals surface area contributed by atoms with Gasteiger partial charge in [-0.25, -0.2) is 4.98 Å². The molecule has 2 N–H and O–H groups in total. The summed E-state index contributed by atoms with van der Waals surface area (Å²) in [4.78, 5) is 31.5. The molecule has 2 atom stereocenters. The van der Waals surface area contributed by atoms with Crippen LogP contribution in [0.25, 0.3) is 10.9 Å². The molecule has 6 heteroatoms. The number of nitrogens with zero attached hydrogens (tertiary/aromatic N) is 3. The lowest BCUT2D eigenvalue weighted by Gasteiger charge is -2.38. The number of piperidine rings is 1. The number of hydrogen-bond acceptors (Lipinski definition) is 4. The molecule has 0 bridgehead atoms. The third-order valence-electron chi connectivity index (χ3n) is 5.19. The molecule has 0 radical (unpaired) electrons. The number of benzene rings is 1. The molecule has 0 spiro atoms. The minimum atomic E-state index is -0.0934. The van der Waals surface area contributed by atoms with Crippen molar-refractivity contribution >= 4 is 16.8 Å². The monoisotopic (exact) mass is 342 g/mol. The molecule has 1 fully saturated rings. The van der Waals surface area contributed by atoms with Crippen molar-refractivity contribution in [3.8, 4) is 0 Å². The molecule has 0 aliphatic carbocycles. The van der Waals surface area contributed by atoms with Gasteiger partial charge in [0.05, 0.1) is 17.2 Å². The number of carbonyl (C=O) groups excluding carboxylic acids is 1. The maximum Gasteiger partial charge on any atom is 0.261 e. The van der Waals surface area contributed by atoms with E-state index in [-0.39, 0.29) is 17.5 Å². The van der Waals surface area contributed by atoms with Crippen molar-refractivity contribution in [1.29, 1.82) is 0 Å². The minimum absolute atomic E-state index is 0.0681. The predicted molar refractivity (Wildman–Crippen MR) is 98.3 cm³/mol. The average molecular weight is 342 g/mol. The molecule has 1 saturated heterocycles. The number of hydrogen-bond donors (Lipinski definition) is 1. The van der Waals surface area contributed by atoms with Gasteiger partial charge in [-0.05, 0) is 37.3 Å². The third-order valence-corrected chi connectivity index (χ3v) is 5.19. The number of nitrogens with two attached hydrogens (primary N) is 1. The van der Waals surface area contributed by atoms with Crippen LogP contribution in [-0.2, 0) is 11.3 Å². The molecule has 134 valence electrons. The fraction of sp³-hybridized carbons (Fsp3) is 0.526. The van der Waals surface area contributed by atoms with Crippen molar-refractivity contribution in [2.24, 2.45) is 11.7 Å². The molecule has 1 aliphatic rings. The first-order chi connectivity index (χ1) is 12.0. The Balaban J connectivity index is 1.73. The Morgan fingerprint density at radius 2 is 2.20 bits per heavy atom. The molecular formula is C19H26N4O2. The zero-order chi connectivity index (χ0) is 18.0. The summed E-state index contributed by atoms with van der Waals surface area (Å²) in [6, 6.07) is 5.70. The Labute approximate surface area is 147 Å². The van der Waals surface area contributed by atoms with Crippen molar-refractivity contribution in [2.75, 3.05) is 13.1 Å². The van der Waals surface area contributed by atoms with Gasteiger partial charge in [-0.2, -0.15) is 0 Å². The number of rotatable bonds is 4. The van der Waals surface area contributed by atoms with Gasteiger partial charge in [-0.3, -0.25) is 14.2 Å². The zero-order valence-corrected chi connectivity index (χ0v) is 14.9. The lowest BCUT2D eigenvalue weighted by Crippen LogP contribution is -2.49. The molecule has 25 heavy (non-hydrogen) atoms. The molecule has 1 aliphatic heterocycles. The van der Waals surface area contributed by atoms with E-state index < -0.39 is 0 Å². The highest BCUT2D eigenvalue weighted by Gasteiger charge is 2.28. The highest BCUT2D eigenvalue weighted by atomic mass is 16.2. The fourth-order valence-electron chi connectivity index (χ4n) is 3.66. The standard InChI is InChI=1S/C19H26N4O2/c1-13-6-9-23(15(10-13)11-20)17(24)7-8-22-12-21-18-14(2)4-3-5-16(18)19(22)25/h3-5,12-13,15H,6-11,20H2,1-2H3. The molecule has 2 aromatic rings. The van der Waals surface area contributed by atoms with E-state index >= 15 is 0 Å². The van der Waals surface area contributed by atoms with E-state index in [0.717, 1.165) is 30.5 Å². The van der Waals surface area contributed by atoms with Crippen LogP contribution in [0.3, 0.4) is 0 Å². The fourth-order valence-corrected chi connectivity index (χ4v) is 3.66. The molecule has 2 heterocycles. The van der Waals surface area contributed by atoms with Crippen molar-refractivity contribution in [3.05, 3.63) is 40.4 Å². The summed E-state index contributed by atoms with van der Waals surface area (Å²) in [5.74, 6) is 0.673. The first kappa shape index (κ1) is 17.6. The first-order valence-electron chi connectivity index (χ1n) is 8.95. The van der Waals surface area contributed by atoms with E-state index in [1.807, 2.05) is 24.0 Å². The Kier molecular flexibility index (Phi) is 5.18. The number of carbonyl (C=O) groups is 1. The Morgan fingerprint density at radius 3 is 2.96 bits per heavy atom. The number of fused-ring (bicyclic) bond motifs is 1. The van der Waals surface area contributed by atoms with Crippen LogP contribution in [0.15, 0.2) is 29.3 Å². The van der Waals surface area contributed by atoms with E-state index in [2.05, 4.69) is 11.9 Å². The third kappa shape index (κ3) is 3.58. The molecule has 3 rings (SSSR count). The van der Waals surface area contributed by atoms with Crippen LogP contribution >= 0.6 is 0 Å².